The fourth-order valence-corrected chi connectivity index (χ4v) is 2.37. The van der Waals surface area contributed by atoms with Crippen LogP contribution in [0.3, 0.4) is 0 Å². The highest BCUT2D eigenvalue weighted by Crippen LogP contribution is 2.10. The minimum atomic E-state index is 0.757. The van der Waals surface area contributed by atoms with Gasteiger partial charge in [0.05, 0.1) is 6.61 Å². The van der Waals surface area contributed by atoms with Crippen LogP contribution in [0.1, 0.15) is 31.2 Å². The molecule has 0 spiro atoms. The Morgan fingerprint density at radius 3 is 2.82 bits per heavy atom. The van der Waals surface area contributed by atoms with E-state index in [0.29, 0.717) is 0 Å². The highest BCUT2D eigenvalue weighted by Gasteiger charge is 2.12. The Morgan fingerprint density at radius 2 is 2.06 bits per heavy atom. The molecular formula is C15H23NO. The summed E-state index contributed by atoms with van der Waals surface area (Å²) in [6.07, 6.45) is 6.18. The molecule has 1 N–H and O–H groups in total. The smallest absolute Gasteiger partial charge is 0.0506 e. The van der Waals surface area contributed by atoms with Crippen LogP contribution < -0.4 is 5.32 Å². The molecule has 2 rings (SSSR count). The van der Waals surface area contributed by atoms with Crippen LogP contribution in [0, 0.1) is 0 Å². The first kappa shape index (κ1) is 12.6. The molecule has 1 saturated heterocycles. The SMILES string of the molecule is c1ccc(CCOCCCC2CCCN2)cc1. The molecule has 0 aliphatic carbocycles. The van der Waals surface area contributed by atoms with Crippen molar-refractivity contribution in [1.29, 1.82) is 0 Å². The predicted molar refractivity (Wildman–Crippen MR) is 71.2 cm³/mol. The van der Waals surface area contributed by atoms with E-state index in [4.69, 9.17) is 4.74 Å². The number of ether oxygens (including phenoxy) is 1. The Balaban J connectivity index is 1.46. The van der Waals surface area contributed by atoms with E-state index in [1.54, 1.807) is 0 Å². The number of nitrogens with one attached hydrogen (secondary N) is 1. The second-order valence-electron chi connectivity index (χ2n) is 4.78. The number of hydrogen-bond donors (Lipinski definition) is 1. The summed E-state index contributed by atoms with van der Waals surface area (Å²) in [4.78, 5) is 0. The van der Waals surface area contributed by atoms with Crippen LogP contribution in [0.4, 0.5) is 0 Å². The first-order chi connectivity index (χ1) is 8.45. The first-order valence-corrected chi connectivity index (χ1v) is 6.80. The molecule has 17 heavy (non-hydrogen) atoms. The van der Waals surface area contributed by atoms with Crippen LogP contribution in [0.2, 0.25) is 0 Å². The maximum Gasteiger partial charge on any atom is 0.0506 e. The van der Waals surface area contributed by atoms with Gasteiger partial charge >= 0.3 is 0 Å². The maximum absolute atomic E-state index is 5.67. The van der Waals surface area contributed by atoms with E-state index < -0.39 is 0 Å². The minimum absolute atomic E-state index is 0.757. The molecule has 94 valence electrons. The van der Waals surface area contributed by atoms with Gasteiger partial charge in [0.1, 0.15) is 0 Å². The number of benzene rings is 1. The topological polar surface area (TPSA) is 21.3 Å². The Bertz CT molecular complexity index is 293. The van der Waals surface area contributed by atoms with Gasteiger partial charge in [-0.15, -0.1) is 0 Å². The first-order valence-electron chi connectivity index (χ1n) is 6.80. The molecule has 0 radical (unpaired) electrons. The summed E-state index contributed by atoms with van der Waals surface area (Å²) < 4.78 is 5.67. The van der Waals surface area contributed by atoms with Crippen LogP contribution >= 0.6 is 0 Å². The summed E-state index contributed by atoms with van der Waals surface area (Å²) >= 11 is 0. The second-order valence-corrected chi connectivity index (χ2v) is 4.78. The summed E-state index contributed by atoms with van der Waals surface area (Å²) in [5.41, 5.74) is 1.37. The Labute approximate surface area is 104 Å². The van der Waals surface area contributed by atoms with Gasteiger partial charge in [0, 0.05) is 12.6 Å². The minimum Gasteiger partial charge on any atom is -0.381 e. The van der Waals surface area contributed by atoms with Gasteiger partial charge in [-0.3, -0.25) is 0 Å². The van der Waals surface area contributed by atoms with E-state index in [1.807, 2.05) is 0 Å². The predicted octanol–water partition coefficient (Wildman–Crippen LogP) is 2.78. The zero-order chi connectivity index (χ0) is 11.8. The summed E-state index contributed by atoms with van der Waals surface area (Å²) in [5.74, 6) is 0. The van der Waals surface area contributed by atoms with Crippen LogP contribution in [0.5, 0.6) is 0 Å². The molecule has 1 fully saturated rings. The molecule has 0 bridgehead atoms. The van der Waals surface area contributed by atoms with Crippen LogP contribution in [-0.4, -0.2) is 25.8 Å². The largest absolute Gasteiger partial charge is 0.381 e. The van der Waals surface area contributed by atoms with E-state index in [9.17, 15) is 0 Å². The zero-order valence-electron chi connectivity index (χ0n) is 10.5. The van der Waals surface area contributed by atoms with Gasteiger partial charge in [0.2, 0.25) is 0 Å². The van der Waals surface area contributed by atoms with Crippen LogP contribution in [-0.2, 0) is 11.2 Å². The van der Waals surface area contributed by atoms with Crippen molar-refractivity contribution in [3.8, 4) is 0 Å². The molecule has 1 aliphatic heterocycles. The molecule has 0 saturated carbocycles. The standard InChI is InChI=1S/C15H23NO/c1-2-6-14(7-3-1)10-13-17-12-5-9-15-8-4-11-16-15/h1-3,6-7,15-16H,4-5,8-13H2. The fourth-order valence-electron chi connectivity index (χ4n) is 2.37. The monoisotopic (exact) mass is 233 g/mol. The Kier molecular flexibility index (Phi) is 5.53. The van der Waals surface area contributed by atoms with Crippen molar-refractivity contribution >= 4 is 0 Å². The molecule has 1 aliphatic rings. The Hall–Kier alpha value is -0.860. The van der Waals surface area contributed by atoms with Crippen LogP contribution in [0.25, 0.3) is 0 Å². The second kappa shape index (κ2) is 7.46. The van der Waals surface area contributed by atoms with E-state index in [0.717, 1.165) is 25.7 Å². The molecule has 1 atom stereocenters. The van der Waals surface area contributed by atoms with E-state index in [2.05, 4.69) is 35.6 Å². The quantitative estimate of drug-likeness (QED) is 0.731. The van der Waals surface area contributed by atoms with E-state index >= 15 is 0 Å². The molecule has 0 aromatic heterocycles. The van der Waals surface area contributed by atoms with Gasteiger partial charge < -0.3 is 10.1 Å². The lowest BCUT2D eigenvalue weighted by molar-refractivity contribution is 0.131. The highest BCUT2D eigenvalue weighted by atomic mass is 16.5. The van der Waals surface area contributed by atoms with Crippen LogP contribution in [0.15, 0.2) is 30.3 Å². The molecule has 1 aromatic carbocycles. The molecule has 1 heterocycles. The van der Waals surface area contributed by atoms with Gasteiger partial charge in [0.25, 0.3) is 0 Å². The normalized spacial score (nSPS) is 19.6. The van der Waals surface area contributed by atoms with E-state index in [1.165, 1.54) is 37.8 Å². The summed E-state index contributed by atoms with van der Waals surface area (Å²) in [6, 6.07) is 11.3. The average molecular weight is 233 g/mol. The lowest BCUT2D eigenvalue weighted by Gasteiger charge is -2.09. The summed E-state index contributed by atoms with van der Waals surface area (Å²) in [7, 11) is 0. The molecular weight excluding hydrogens is 210 g/mol. The lowest BCUT2D eigenvalue weighted by atomic mass is 10.1. The van der Waals surface area contributed by atoms with Gasteiger partial charge in [-0.25, -0.2) is 0 Å². The molecule has 2 heteroatoms. The fraction of sp³-hybridized carbons (Fsp3) is 0.600. The zero-order valence-corrected chi connectivity index (χ0v) is 10.5. The maximum atomic E-state index is 5.67. The lowest BCUT2D eigenvalue weighted by Crippen LogP contribution is -2.21. The van der Waals surface area contributed by atoms with Crippen molar-refractivity contribution in [2.45, 2.75) is 38.1 Å². The third-order valence-electron chi connectivity index (χ3n) is 3.38. The van der Waals surface area contributed by atoms with Gasteiger partial charge in [-0.2, -0.15) is 0 Å². The summed E-state index contributed by atoms with van der Waals surface area (Å²) in [5, 5.41) is 3.52. The van der Waals surface area contributed by atoms with Crippen molar-refractivity contribution in [3.63, 3.8) is 0 Å². The van der Waals surface area contributed by atoms with Gasteiger partial charge in [0.15, 0.2) is 0 Å². The Morgan fingerprint density at radius 1 is 1.18 bits per heavy atom. The molecule has 0 amide bonds. The van der Waals surface area contributed by atoms with Crippen molar-refractivity contribution in [2.24, 2.45) is 0 Å². The number of rotatable bonds is 7. The summed E-state index contributed by atoms with van der Waals surface area (Å²) in [6.45, 7) is 2.96. The number of hydrogen-bond acceptors (Lipinski definition) is 2. The third kappa shape index (κ3) is 4.88. The van der Waals surface area contributed by atoms with Crippen molar-refractivity contribution in [3.05, 3.63) is 35.9 Å². The van der Waals surface area contributed by atoms with Gasteiger partial charge in [-0.1, -0.05) is 30.3 Å². The van der Waals surface area contributed by atoms with Gasteiger partial charge in [-0.05, 0) is 44.2 Å². The highest BCUT2D eigenvalue weighted by molar-refractivity contribution is 5.14. The van der Waals surface area contributed by atoms with Crippen molar-refractivity contribution in [1.82, 2.24) is 5.32 Å². The van der Waals surface area contributed by atoms with E-state index in [-0.39, 0.29) is 0 Å². The van der Waals surface area contributed by atoms with Crippen molar-refractivity contribution in [2.75, 3.05) is 19.8 Å². The van der Waals surface area contributed by atoms with Crippen molar-refractivity contribution < 1.29 is 4.74 Å². The molecule has 1 unspecified atom stereocenters. The third-order valence-corrected chi connectivity index (χ3v) is 3.38. The average Bonchev–Trinajstić information content (AvgIpc) is 2.88. The molecule has 1 aromatic rings. The molecule has 2 nitrogen and oxygen atoms in total.